The number of carbonyl (C=O) groups is 1. The van der Waals surface area contributed by atoms with Crippen molar-refractivity contribution < 1.29 is 14.3 Å². The number of fused-ring (bicyclic) bond motifs is 1. The molecule has 0 saturated heterocycles. The highest BCUT2D eigenvalue weighted by Gasteiger charge is 2.28. The highest BCUT2D eigenvalue weighted by atomic mass is 16.6. The summed E-state index contributed by atoms with van der Waals surface area (Å²) in [6, 6.07) is 15.8. The first-order chi connectivity index (χ1) is 12.6. The first-order valence-electron chi connectivity index (χ1n) is 9.07. The predicted octanol–water partition coefficient (Wildman–Crippen LogP) is 4.82. The number of nitrogens with one attached hydrogen (secondary N) is 2. The molecule has 0 radical (unpaired) electrons. The second-order valence-electron chi connectivity index (χ2n) is 6.59. The van der Waals surface area contributed by atoms with Crippen LogP contribution in [0.4, 0.5) is 10.5 Å². The Morgan fingerprint density at radius 2 is 2.04 bits per heavy atom. The van der Waals surface area contributed by atoms with Gasteiger partial charge < -0.3 is 20.1 Å². The van der Waals surface area contributed by atoms with Crippen LogP contribution in [0.2, 0.25) is 0 Å². The number of carbonyl (C=O) groups excluding carboxylic acids is 1. The number of amides is 1. The molecule has 0 aliphatic carbocycles. The molecule has 0 fully saturated rings. The van der Waals surface area contributed by atoms with E-state index in [2.05, 4.69) is 17.6 Å². The van der Waals surface area contributed by atoms with E-state index in [1.165, 1.54) is 0 Å². The molecule has 0 spiro atoms. The molecule has 2 N–H and O–H groups in total. The molecule has 5 heteroatoms. The van der Waals surface area contributed by atoms with Gasteiger partial charge in [-0.05, 0) is 43.5 Å². The van der Waals surface area contributed by atoms with Gasteiger partial charge in [0.05, 0.1) is 13.2 Å². The van der Waals surface area contributed by atoms with Gasteiger partial charge >= 0.3 is 6.09 Å². The molecule has 3 rings (SSSR count). The number of hydrogen-bond donors (Lipinski definition) is 2. The summed E-state index contributed by atoms with van der Waals surface area (Å²) in [5.74, 6) is 0.776. The van der Waals surface area contributed by atoms with Crippen LogP contribution in [-0.4, -0.2) is 19.2 Å². The molecule has 0 aromatic heterocycles. The molecule has 3 atom stereocenters. The number of anilines is 1. The SMILES string of the molecule is CC[C@@H]1C[C@H](NC(=O)O[C@@H](C)c2ccccc2)c2cc(OC)ccc2N1. The first-order valence-corrected chi connectivity index (χ1v) is 9.07. The van der Waals surface area contributed by atoms with Crippen LogP contribution in [0.5, 0.6) is 5.75 Å². The molecular formula is C21H26N2O3. The molecule has 0 bridgehead atoms. The Balaban J connectivity index is 1.73. The van der Waals surface area contributed by atoms with Crippen molar-refractivity contribution >= 4 is 11.8 Å². The van der Waals surface area contributed by atoms with Gasteiger partial charge in [-0.2, -0.15) is 0 Å². The van der Waals surface area contributed by atoms with Gasteiger partial charge in [0.15, 0.2) is 0 Å². The molecule has 1 aliphatic heterocycles. The summed E-state index contributed by atoms with van der Waals surface area (Å²) in [7, 11) is 1.64. The van der Waals surface area contributed by atoms with E-state index in [4.69, 9.17) is 9.47 Å². The van der Waals surface area contributed by atoms with Crippen molar-refractivity contribution in [1.29, 1.82) is 0 Å². The molecule has 1 amide bonds. The lowest BCUT2D eigenvalue weighted by Gasteiger charge is -2.33. The summed E-state index contributed by atoms with van der Waals surface area (Å²) >= 11 is 0. The monoisotopic (exact) mass is 354 g/mol. The lowest BCUT2D eigenvalue weighted by atomic mass is 9.91. The van der Waals surface area contributed by atoms with Crippen molar-refractivity contribution in [1.82, 2.24) is 5.32 Å². The second-order valence-corrected chi connectivity index (χ2v) is 6.59. The van der Waals surface area contributed by atoms with E-state index in [1.807, 2.05) is 55.5 Å². The normalized spacial score (nSPS) is 19.7. The van der Waals surface area contributed by atoms with Gasteiger partial charge in [-0.1, -0.05) is 37.3 Å². The van der Waals surface area contributed by atoms with Gasteiger partial charge in [0.2, 0.25) is 0 Å². The maximum atomic E-state index is 12.5. The number of methoxy groups -OCH3 is 1. The Hall–Kier alpha value is -2.69. The van der Waals surface area contributed by atoms with Gasteiger partial charge in [-0.15, -0.1) is 0 Å². The molecule has 1 heterocycles. The minimum atomic E-state index is -0.406. The van der Waals surface area contributed by atoms with Gasteiger partial charge in [0.1, 0.15) is 11.9 Å². The van der Waals surface area contributed by atoms with Crippen LogP contribution in [0.15, 0.2) is 48.5 Å². The Morgan fingerprint density at radius 1 is 1.27 bits per heavy atom. The molecule has 1 aliphatic rings. The van der Waals surface area contributed by atoms with E-state index >= 15 is 0 Å². The Morgan fingerprint density at radius 3 is 2.73 bits per heavy atom. The number of ether oxygens (including phenoxy) is 2. The van der Waals surface area contributed by atoms with Crippen molar-refractivity contribution in [2.75, 3.05) is 12.4 Å². The second kappa shape index (κ2) is 8.13. The summed E-state index contributed by atoms with van der Waals surface area (Å²) in [6.45, 7) is 4.02. The maximum absolute atomic E-state index is 12.5. The zero-order valence-electron chi connectivity index (χ0n) is 15.5. The lowest BCUT2D eigenvalue weighted by Crippen LogP contribution is -2.37. The summed E-state index contributed by atoms with van der Waals surface area (Å²) in [5.41, 5.74) is 3.03. The maximum Gasteiger partial charge on any atom is 0.408 e. The van der Waals surface area contributed by atoms with Crippen molar-refractivity contribution in [2.45, 2.75) is 44.9 Å². The summed E-state index contributed by atoms with van der Waals surface area (Å²) < 4.78 is 10.9. The van der Waals surface area contributed by atoms with Gasteiger partial charge in [0, 0.05) is 17.3 Å². The van der Waals surface area contributed by atoms with Gasteiger partial charge in [-0.3, -0.25) is 0 Å². The van der Waals surface area contributed by atoms with E-state index in [0.717, 1.165) is 35.4 Å². The van der Waals surface area contributed by atoms with Gasteiger partial charge in [-0.25, -0.2) is 4.79 Å². The van der Waals surface area contributed by atoms with Crippen LogP contribution in [0.3, 0.4) is 0 Å². The Kier molecular flexibility index (Phi) is 5.66. The van der Waals surface area contributed by atoms with Crippen LogP contribution in [-0.2, 0) is 4.74 Å². The Labute approximate surface area is 154 Å². The topological polar surface area (TPSA) is 59.6 Å². The quantitative estimate of drug-likeness (QED) is 0.808. The van der Waals surface area contributed by atoms with Crippen molar-refractivity contribution in [3.63, 3.8) is 0 Å². The van der Waals surface area contributed by atoms with E-state index in [0.29, 0.717) is 6.04 Å². The molecule has 5 nitrogen and oxygen atoms in total. The van der Waals surface area contributed by atoms with Crippen LogP contribution in [0.25, 0.3) is 0 Å². The molecule has 138 valence electrons. The van der Waals surface area contributed by atoms with E-state index < -0.39 is 6.09 Å². The molecule has 0 saturated carbocycles. The molecule has 26 heavy (non-hydrogen) atoms. The lowest BCUT2D eigenvalue weighted by molar-refractivity contribution is 0.103. The summed E-state index contributed by atoms with van der Waals surface area (Å²) in [5, 5.41) is 6.55. The van der Waals surface area contributed by atoms with Gasteiger partial charge in [0.25, 0.3) is 0 Å². The third-order valence-electron chi connectivity index (χ3n) is 4.85. The van der Waals surface area contributed by atoms with E-state index in [1.54, 1.807) is 7.11 Å². The zero-order valence-corrected chi connectivity index (χ0v) is 15.5. The van der Waals surface area contributed by atoms with Crippen LogP contribution < -0.4 is 15.4 Å². The average molecular weight is 354 g/mol. The smallest absolute Gasteiger partial charge is 0.408 e. The summed E-state index contributed by atoms with van der Waals surface area (Å²) in [4.78, 5) is 12.5. The largest absolute Gasteiger partial charge is 0.497 e. The van der Waals surface area contributed by atoms with Crippen molar-refractivity contribution in [3.05, 3.63) is 59.7 Å². The standard InChI is InChI=1S/C21H26N2O3/c1-4-16-12-20(18-13-17(25-3)10-11-19(18)22-16)23-21(24)26-14(2)15-8-6-5-7-9-15/h5-11,13-14,16,20,22H,4,12H2,1-3H3,(H,23,24)/t14-,16+,20-/m0/s1. The molecular weight excluding hydrogens is 328 g/mol. The van der Waals surface area contributed by atoms with Crippen molar-refractivity contribution in [3.8, 4) is 5.75 Å². The number of alkyl carbamates (subject to hydrolysis) is 1. The van der Waals surface area contributed by atoms with E-state index in [9.17, 15) is 4.79 Å². The fourth-order valence-corrected chi connectivity index (χ4v) is 3.31. The number of rotatable bonds is 5. The van der Waals surface area contributed by atoms with Crippen LogP contribution in [0, 0.1) is 0 Å². The molecule has 2 aromatic carbocycles. The number of benzene rings is 2. The highest BCUT2D eigenvalue weighted by Crippen LogP contribution is 2.36. The van der Waals surface area contributed by atoms with Crippen molar-refractivity contribution in [2.24, 2.45) is 0 Å². The minimum absolute atomic E-state index is 0.109. The third kappa shape index (κ3) is 4.10. The van der Waals surface area contributed by atoms with Crippen LogP contribution >= 0.6 is 0 Å². The molecule has 0 unspecified atom stereocenters. The summed E-state index contributed by atoms with van der Waals surface area (Å²) in [6.07, 6.45) is 1.09. The van der Waals surface area contributed by atoms with E-state index in [-0.39, 0.29) is 12.1 Å². The fourth-order valence-electron chi connectivity index (χ4n) is 3.31. The average Bonchev–Trinajstić information content (AvgIpc) is 2.68. The predicted molar refractivity (Wildman–Crippen MR) is 103 cm³/mol. The third-order valence-corrected chi connectivity index (χ3v) is 4.85. The highest BCUT2D eigenvalue weighted by molar-refractivity contribution is 5.70. The zero-order chi connectivity index (χ0) is 18.5. The first kappa shape index (κ1) is 18.1. The Bertz CT molecular complexity index is 748. The minimum Gasteiger partial charge on any atom is -0.497 e. The molecule has 2 aromatic rings. The fraction of sp³-hybridized carbons (Fsp3) is 0.381. The van der Waals surface area contributed by atoms with Crippen LogP contribution in [0.1, 0.15) is 50.0 Å². The number of hydrogen-bond acceptors (Lipinski definition) is 4.